The number of fused-ring (bicyclic) bond motifs is 1. The Morgan fingerprint density at radius 2 is 2.12 bits per heavy atom. The molecule has 0 saturated carbocycles. The zero-order chi connectivity index (χ0) is 18.1. The van der Waals surface area contributed by atoms with E-state index in [0.717, 1.165) is 28.0 Å². The zero-order valence-corrected chi connectivity index (χ0v) is 14.9. The number of nitrogens with two attached hydrogens (primary N) is 1. The number of carbonyl (C=O) groups is 2. The van der Waals surface area contributed by atoms with Crippen molar-refractivity contribution in [3.63, 3.8) is 0 Å². The van der Waals surface area contributed by atoms with Crippen LogP contribution in [-0.2, 0) is 11.2 Å². The summed E-state index contributed by atoms with van der Waals surface area (Å²) in [5.74, 6) is -0.173. The zero-order valence-electron chi connectivity index (χ0n) is 14.1. The molecular formula is C18H20N2O4S. The average molecular weight is 360 g/mol. The molecule has 1 aliphatic rings. The van der Waals surface area contributed by atoms with Gasteiger partial charge in [0.1, 0.15) is 5.75 Å². The highest BCUT2D eigenvalue weighted by atomic mass is 32.1. The van der Waals surface area contributed by atoms with Crippen LogP contribution < -0.4 is 10.5 Å². The SMILES string of the molecule is Cc1ccc(OCC(=O)N2CCc3cc(C(N)=O)sc3C2O)c(C)c1. The van der Waals surface area contributed by atoms with Crippen molar-refractivity contribution < 1.29 is 19.4 Å². The fourth-order valence-electron chi connectivity index (χ4n) is 2.93. The first-order valence-corrected chi connectivity index (χ1v) is 8.78. The van der Waals surface area contributed by atoms with Crippen LogP contribution >= 0.6 is 11.3 Å². The second kappa shape index (κ2) is 6.85. The topological polar surface area (TPSA) is 92.9 Å². The third kappa shape index (κ3) is 3.52. The molecule has 2 heterocycles. The maximum atomic E-state index is 12.5. The Balaban J connectivity index is 1.69. The van der Waals surface area contributed by atoms with E-state index in [-0.39, 0.29) is 12.5 Å². The van der Waals surface area contributed by atoms with E-state index in [9.17, 15) is 14.7 Å². The highest BCUT2D eigenvalue weighted by molar-refractivity contribution is 7.14. The van der Waals surface area contributed by atoms with Gasteiger partial charge in [-0.25, -0.2) is 0 Å². The van der Waals surface area contributed by atoms with Crippen LogP contribution in [0, 0.1) is 13.8 Å². The van der Waals surface area contributed by atoms with E-state index in [1.807, 2.05) is 32.0 Å². The first kappa shape index (κ1) is 17.4. The quantitative estimate of drug-likeness (QED) is 0.871. The van der Waals surface area contributed by atoms with E-state index in [1.54, 1.807) is 6.07 Å². The number of hydrogen-bond acceptors (Lipinski definition) is 5. The van der Waals surface area contributed by atoms with Crippen molar-refractivity contribution in [1.82, 2.24) is 4.90 Å². The van der Waals surface area contributed by atoms with E-state index in [4.69, 9.17) is 10.5 Å². The molecule has 0 bridgehead atoms. The number of rotatable bonds is 4. The maximum absolute atomic E-state index is 12.5. The third-order valence-electron chi connectivity index (χ3n) is 4.24. The lowest BCUT2D eigenvalue weighted by molar-refractivity contribution is -0.144. The fraction of sp³-hybridized carbons (Fsp3) is 0.333. The van der Waals surface area contributed by atoms with Gasteiger partial charge in [0.05, 0.1) is 9.75 Å². The number of primary amides is 1. The van der Waals surface area contributed by atoms with Crippen molar-refractivity contribution in [3.05, 3.63) is 50.7 Å². The number of aryl methyl sites for hydroxylation is 2. The molecule has 132 valence electrons. The van der Waals surface area contributed by atoms with Gasteiger partial charge in [0.2, 0.25) is 0 Å². The fourth-order valence-corrected chi connectivity index (χ4v) is 3.99. The normalized spacial score (nSPS) is 16.4. The monoisotopic (exact) mass is 360 g/mol. The molecule has 0 aliphatic carbocycles. The van der Waals surface area contributed by atoms with Gasteiger partial charge in [-0.3, -0.25) is 9.59 Å². The van der Waals surface area contributed by atoms with Crippen LogP contribution in [0.2, 0.25) is 0 Å². The van der Waals surface area contributed by atoms with Crippen molar-refractivity contribution in [3.8, 4) is 5.75 Å². The largest absolute Gasteiger partial charge is 0.483 e. The van der Waals surface area contributed by atoms with Gasteiger partial charge in [-0.2, -0.15) is 0 Å². The van der Waals surface area contributed by atoms with Gasteiger partial charge in [0.15, 0.2) is 12.8 Å². The molecule has 0 fully saturated rings. The summed E-state index contributed by atoms with van der Waals surface area (Å²) in [5, 5.41) is 10.5. The summed E-state index contributed by atoms with van der Waals surface area (Å²) in [6.45, 7) is 4.14. The van der Waals surface area contributed by atoms with Crippen LogP contribution in [-0.4, -0.2) is 35.0 Å². The maximum Gasteiger partial charge on any atom is 0.262 e. The van der Waals surface area contributed by atoms with Gasteiger partial charge in [-0.1, -0.05) is 17.7 Å². The Labute approximate surface area is 149 Å². The minimum atomic E-state index is -1.07. The Morgan fingerprint density at radius 1 is 1.36 bits per heavy atom. The second-order valence-corrected chi connectivity index (χ2v) is 7.22. The number of thiophene rings is 1. The Bertz CT molecular complexity index is 830. The molecule has 1 aromatic carbocycles. The molecule has 1 aromatic heterocycles. The minimum absolute atomic E-state index is 0.148. The van der Waals surface area contributed by atoms with E-state index in [0.29, 0.717) is 28.5 Å². The van der Waals surface area contributed by atoms with Crippen LogP contribution in [0.25, 0.3) is 0 Å². The lowest BCUT2D eigenvalue weighted by Crippen LogP contribution is -2.41. The minimum Gasteiger partial charge on any atom is -0.483 e. The molecule has 1 atom stereocenters. The molecule has 6 nitrogen and oxygen atoms in total. The molecule has 25 heavy (non-hydrogen) atoms. The smallest absolute Gasteiger partial charge is 0.262 e. The summed E-state index contributed by atoms with van der Waals surface area (Å²) in [6, 6.07) is 7.44. The molecule has 0 spiro atoms. The van der Waals surface area contributed by atoms with Crippen LogP contribution in [0.4, 0.5) is 0 Å². The molecule has 2 aromatic rings. The standard InChI is InChI=1S/C18H20N2O4S/c1-10-3-4-13(11(2)7-10)24-9-15(21)20-6-5-12-8-14(17(19)22)25-16(12)18(20)23/h3-4,7-8,18,23H,5-6,9H2,1-2H3,(H2,19,22). The summed E-state index contributed by atoms with van der Waals surface area (Å²) in [7, 11) is 0. The molecule has 0 saturated heterocycles. The summed E-state index contributed by atoms with van der Waals surface area (Å²) in [6.07, 6.45) is -0.497. The summed E-state index contributed by atoms with van der Waals surface area (Å²) >= 11 is 1.13. The molecule has 3 rings (SSSR count). The Hall–Kier alpha value is -2.38. The van der Waals surface area contributed by atoms with E-state index < -0.39 is 12.1 Å². The molecule has 2 amide bonds. The first-order chi connectivity index (χ1) is 11.9. The predicted molar refractivity (Wildman–Crippen MR) is 94.6 cm³/mol. The van der Waals surface area contributed by atoms with E-state index in [2.05, 4.69) is 0 Å². The number of aliphatic hydroxyl groups excluding tert-OH is 1. The summed E-state index contributed by atoms with van der Waals surface area (Å²) in [5.41, 5.74) is 8.24. The summed E-state index contributed by atoms with van der Waals surface area (Å²) in [4.78, 5) is 26.1. The number of carbonyl (C=O) groups excluding carboxylic acids is 2. The third-order valence-corrected chi connectivity index (χ3v) is 5.47. The van der Waals surface area contributed by atoms with Crippen molar-refractivity contribution in [1.29, 1.82) is 0 Å². The van der Waals surface area contributed by atoms with Crippen molar-refractivity contribution in [2.75, 3.05) is 13.2 Å². The Kier molecular flexibility index (Phi) is 4.78. The van der Waals surface area contributed by atoms with Crippen LogP contribution in [0.3, 0.4) is 0 Å². The number of ether oxygens (including phenoxy) is 1. The van der Waals surface area contributed by atoms with Crippen LogP contribution in [0.5, 0.6) is 5.75 Å². The highest BCUT2D eigenvalue weighted by Crippen LogP contribution is 2.34. The van der Waals surface area contributed by atoms with Gasteiger partial charge < -0.3 is 20.5 Å². The molecular weight excluding hydrogens is 340 g/mol. The number of benzene rings is 1. The van der Waals surface area contributed by atoms with Gasteiger partial charge >= 0.3 is 0 Å². The first-order valence-electron chi connectivity index (χ1n) is 7.97. The average Bonchev–Trinajstić information content (AvgIpc) is 2.99. The van der Waals surface area contributed by atoms with Gasteiger partial charge in [0, 0.05) is 6.54 Å². The van der Waals surface area contributed by atoms with Crippen molar-refractivity contribution >= 4 is 23.2 Å². The predicted octanol–water partition coefficient (Wildman–Crippen LogP) is 1.92. The Morgan fingerprint density at radius 3 is 2.80 bits per heavy atom. The van der Waals surface area contributed by atoms with Gasteiger partial charge in [-0.15, -0.1) is 11.3 Å². The van der Waals surface area contributed by atoms with Crippen LogP contribution in [0.1, 0.15) is 37.5 Å². The molecule has 1 unspecified atom stereocenters. The number of nitrogens with zero attached hydrogens (tertiary/aromatic N) is 1. The van der Waals surface area contributed by atoms with Crippen molar-refractivity contribution in [2.45, 2.75) is 26.5 Å². The number of amides is 2. The number of aliphatic hydroxyl groups is 1. The lowest BCUT2D eigenvalue weighted by Gasteiger charge is -2.32. The van der Waals surface area contributed by atoms with E-state index >= 15 is 0 Å². The van der Waals surface area contributed by atoms with Gasteiger partial charge in [0.25, 0.3) is 11.8 Å². The highest BCUT2D eigenvalue weighted by Gasteiger charge is 2.32. The van der Waals surface area contributed by atoms with Crippen molar-refractivity contribution in [2.24, 2.45) is 5.73 Å². The molecule has 7 heteroatoms. The molecule has 1 aliphatic heterocycles. The lowest BCUT2D eigenvalue weighted by atomic mass is 10.1. The van der Waals surface area contributed by atoms with E-state index in [1.165, 1.54) is 4.90 Å². The van der Waals surface area contributed by atoms with Gasteiger partial charge in [-0.05, 0) is 43.5 Å². The van der Waals surface area contributed by atoms with Crippen LogP contribution in [0.15, 0.2) is 24.3 Å². The molecule has 3 N–H and O–H groups in total. The molecule has 0 radical (unpaired) electrons. The number of hydrogen-bond donors (Lipinski definition) is 2. The second-order valence-electron chi connectivity index (χ2n) is 6.13. The summed E-state index contributed by atoms with van der Waals surface area (Å²) < 4.78 is 5.61.